The van der Waals surface area contributed by atoms with E-state index in [0.29, 0.717) is 6.54 Å². The quantitative estimate of drug-likeness (QED) is 0.853. The van der Waals surface area contributed by atoms with Crippen LogP contribution in [0.2, 0.25) is 0 Å². The number of hydrogen-bond donors (Lipinski definition) is 2. The van der Waals surface area contributed by atoms with Crippen LogP contribution in [0.5, 0.6) is 0 Å². The minimum Gasteiger partial charge on any atom is -0.354 e. The van der Waals surface area contributed by atoms with Crippen LogP contribution in [0.15, 0.2) is 24.3 Å². The van der Waals surface area contributed by atoms with Crippen molar-refractivity contribution in [3.05, 3.63) is 35.4 Å². The van der Waals surface area contributed by atoms with E-state index >= 15 is 0 Å². The Balaban J connectivity index is 2.05. The zero-order valence-electron chi connectivity index (χ0n) is 11.3. The van der Waals surface area contributed by atoms with Gasteiger partial charge in [-0.05, 0) is 30.2 Å². The molecule has 1 aromatic heterocycles. The van der Waals surface area contributed by atoms with Gasteiger partial charge in [-0.25, -0.2) is 4.98 Å². The predicted octanol–water partition coefficient (Wildman–Crippen LogP) is 1.41. The van der Waals surface area contributed by atoms with E-state index in [4.69, 9.17) is 10.7 Å². The van der Waals surface area contributed by atoms with Crippen molar-refractivity contribution < 1.29 is 0 Å². The molecule has 0 bridgehead atoms. The highest BCUT2D eigenvalue weighted by Crippen LogP contribution is 2.23. The molecule has 4 heteroatoms. The molecule has 2 heterocycles. The number of aromatic nitrogens is 1. The molecule has 0 amide bonds. The van der Waals surface area contributed by atoms with Crippen molar-refractivity contribution in [2.45, 2.75) is 13.5 Å². The third-order valence-corrected chi connectivity index (χ3v) is 3.74. The summed E-state index contributed by atoms with van der Waals surface area (Å²) in [6, 6.07) is 8.51. The monoisotopic (exact) mass is 256 g/mol. The van der Waals surface area contributed by atoms with Gasteiger partial charge in [0.2, 0.25) is 0 Å². The van der Waals surface area contributed by atoms with Gasteiger partial charge in [-0.1, -0.05) is 12.1 Å². The van der Waals surface area contributed by atoms with Gasteiger partial charge in [-0.15, -0.1) is 0 Å². The number of anilines is 1. The van der Waals surface area contributed by atoms with Gasteiger partial charge in [0.15, 0.2) is 0 Å². The zero-order chi connectivity index (χ0) is 13.2. The standard InChI is InChI=1S/C15H20N4/c1-11-8-15(19-6-4-17-5-7-19)18-14-9-12(10-16)2-3-13(11)14/h2-3,8-9,17H,4-7,10,16H2,1H3. The minimum atomic E-state index is 0.564. The third-order valence-electron chi connectivity index (χ3n) is 3.74. The molecule has 1 aliphatic rings. The molecule has 0 aliphatic carbocycles. The summed E-state index contributed by atoms with van der Waals surface area (Å²) in [7, 11) is 0. The molecule has 0 atom stereocenters. The molecule has 4 nitrogen and oxygen atoms in total. The Morgan fingerprint density at radius 1 is 1.26 bits per heavy atom. The fourth-order valence-corrected chi connectivity index (χ4v) is 2.61. The first kappa shape index (κ1) is 12.4. The van der Waals surface area contributed by atoms with Crippen molar-refractivity contribution >= 4 is 16.7 Å². The van der Waals surface area contributed by atoms with Gasteiger partial charge in [0.05, 0.1) is 5.52 Å². The van der Waals surface area contributed by atoms with Crippen molar-refractivity contribution in [2.75, 3.05) is 31.1 Å². The molecule has 1 aliphatic heterocycles. The lowest BCUT2D eigenvalue weighted by Crippen LogP contribution is -2.43. The summed E-state index contributed by atoms with van der Waals surface area (Å²) in [6.07, 6.45) is 0. The van der Waals surface area contributed by atoms with Crippen LogP contribution < -0.4 is 16.0 Å². The fourth-order valence-electron chi connectivity index (χ4n) is 2.61. The molecule has 19 heavy (non-hydrogen) atoms. The second-order valence-corrected chi connectivity index (χ2v) is 5.09. The summed E-state index contributed by atoms with van der Waals surface area (Å²) in [5.41, 5.74) is 9.18. The van der Waals surface area contributed by atoms with Crippen molar-refractivity contribution in [2.24, 2.45) is 5.73 Å². The van der Waals surface area contributed by atoms with Crippen LogP contribution in [0.3, 0.4) is 0 Å². The Morgan fingerprint density at radius 2 is 2.05 bits per heavy atom. The number of hydrogen-bond acceptors (Lipinski definition) is 4. The molecule has 100 valence electrons. The average Bonchev–Trinajstić information content (AvgIpc) is 2.47. The number of rotatable bonds is 2. The number of nitrogens with two attached hydrogens (primary N) is 1. The first-order valence-corrected chi connectivity index (χ1v) is 6.84. The Morgan fingerprint density at radius 3 is 2.79 bits per heavy atom. The topological polar surface area (TPSA) is 54.2 Å². The van der Waals surface area contributed by atoms with Crippen LogP contribution in [-0.4, -0.2) is 31.2 Å². The molecule has 0 radical (unpaired) electrons. The van der Waals surface area contributed by atoms with Crippen LogP contribution in [0.25, 0.3) is 10.9 Å². The smallest absolute Gasteiger partial charge is 0.129 e. The largest absolute Gasteiger partial charge is 0.354 e. The summed E-state index contributed by atoms with van der Waals surface area (Å²) in [6.45, 7) is 6.82. The SMILES string of the molecule is Cc1cc(N2CCNCC2)nc2cc(CN)ccc12. The van der Waals surface area contributed by atoms with E-state index in [1.54, 1.807) is 0 Å². The number of nitrogens with one attached hydrogen (secondary N) is 1. The average molecular weight is 256 g/mol. The number of pyridine rings is 1. The van der Waals surface area contributed by atoms with E-state index in [1.165, 1.54) is 10.9 Å². The van der Waals surface area contributed by atoms with Crippen LogP contribution in [0.4, 0.5) is 5.82 Å². The number of nitrogens with zero attached hydrogens (tertiary/aromatic N) is 2. The highest BCUT2D eigenvalue weighted by atomic mass is 15.2. The van der Waals surface area contributed by atoms with E-state index in [0.717, 1.165) is 43.1 Å². The number of aryl methyl sites for hydroxylation is 1. The molecule has 0 unspecified atom stereocenters. The van der Waals surface area contributed by atoms with Gasteiger partial charge in [0.25, 0.3) is 0 Å². The third kappa shape index (κ3) is 2.41. The van der Waals surface area contributed by atoms with Crippen molar-refractivity contribution in [3.8, 4) is 0 Å². The maximum absolute atomic E-state index is 5.71. The Hall–Kier alpha value is -1.65. The van der Waals surface area contributed by atoms with Crippen LogP contribution in [0.1, 0.15) is 11.1 Å². The summed E-state index contributed by atoms with van der Waals surface area (Å²) in [4.78, 5) is 7.16. The lowest BCUT2D eigenvalue weighted by atomic mass is 10.1. The van der Waals surface area contributed by atoms with E-state index in [9.17, 15) is 0 Å². The summed E-state index contributed by atoms with van der Waals surface area (Å²) in [5.74, 6) is 1.08. The van der Waals surface area contributed by atoms with E-state index in [2.05, 4.69) is 41.4 Å². The fraction of sp³-hybridized carbons (Fsp3) is 0.400. The van der Waals surface area contributed by atoms with Gasteiger partial charge in [0, 0.05) is 38.1 Å². The second kappa shape index (κ2) is 5.15. The van der Waals surface area contributed by atoms with E-state index < -0.39 is 0 Å². The maximum atomic E-state index is 5.71. The van der Waals surface area contributed by atoms with Gasteiger partial charge in [0.1, 0.15) is 5.82 Å². The van der Waals surface area contributed by atoms with Gasteiger partial charge >= 0.3 is 0 Å². The Labute approximate surface area is 113 Å². The van der Waals surface area contributed by atoms with Crippen LogP contribution in [-0.2, 0) is 6.54 Å². The minimum absolute atomic E-state index is 0.564. The molecule has 3 N–H and O–H groups in total. The Kier molecular flexibility index (Phi) is 3.36. The predicted molar refractivity (Wildman–Crippen MR) is 79.5 cm³/mol. The molecule has 1 fully saturated rings. The molecular weight excluding hydrogens is 236 g/mol. The number of piperazine rings is 1. The van der Waals surface area contributed by atoms with Crippen LogP contribution in [0, 0.1) is 6.92 Å². The van der Waals surface area contributed by atoms with Crippen molar-refractivity contribution in [1.29, 1.82) is 0 Å². The second-order valence-electron chi connectivity index (χ2n) is 5.09. The normalized spacial score (nSPS) is 16.0. The van der Waals surface area contributed by atoms with Gasteiger partial charge in [-0.2, -0.15) is 0 Å². The lowest BCUT2D eigenvalue weighted by Gasteiger charge is -2.29. The molecule has 1 aromatic carbocycles. The van der Waals surface area contributed by atoms with Gasteiger partial charge in [-0.3, -0.25) is 0 Å². The summed E-state index contributed by atoms with van der Waals surface area (Å²) >= 11 is 0. The summed E-state index contributed by atoms with van der Waals surface area (Å²) < 4.78 is 0. The van der Waals surface area contributed by atoms with Gasteiger partial charge < -0.3 is 16.0 Å². The van der Waals surface area contributed by atoms with E-state index in [-0.39, 0.29) is 0 Å². The van der Waals surface area contributed by atoms with E-state index in [1.807, 2.05) is 0 Å². The Bertz CT molecular complexity index is 588. The molecule has 0 spiro atoms. The highest BCUT2D eigenvalue weighted by Gasteiger charge is 2.13. The highest BCUT2D eigenvalue weighted by molar-refractivity contribution is 5.84. The molecule has 1 saturated heterocycles. The maximum Gasteiger partial charge on any atom is 0.129 e. The first-order valence-electron chi connectivity index (χ1n) is 6.84. The summed E-state index contributed by atoms with van der Waals surface area (Å²) in [5, 5.41) is 4.59. The molecule has 0 saturated carbocycles. The van der Waals surface area contributed by atoms with Crippen LogP contribution >= 0.6 is 0 Å². The lowest BCUT2D eigenvalue weighted by molar-refractivity contribution is 0.585. The number of benzene rings is 1. The van der Waals surface area contributed by atoms with Crippen molar-refractivity contribution in [3.63, 3.8) is 0 Å². The molecule has 2 aromatic rings. The molecule has 3 rings (SSSR count). The molecular formula is C15H20N4. The first-order chi connectivity index (χ1) is 9.28. The number of fused-ring (bicyclic) bond motifs is 1. The zero-order valence-corrected chi connectivity index (χ0v) is 11.3. The van der Waals surface area contributed by atoms with Crippen molar-refractivity contribution in [1.82, 2.24) is 10.3 Å².